The summed E-state index contributed by atoms with van der Waals surface area (Å²) in [5, 5.41) is 39.3. The number of thiazole rings is 1. The largest absolute Gasteiger partial charge is 0.391 e. The number of rotatable bonds is 24. The highest BCUT2D eigenvalue weighted by Gasteiger charge is 2.44. The van der Waals surface area contributed by atoms with Crippen LogP contribution in [0.2, 0.25) is 0 Å². The molecule has 1 aromatic carbocycles. The Hall–Kier alpha value is -5.98. The number of nitriles is 1. The number of aromatic nitrogens is 1. The van der Waals surface area contributed by atoms with E-state index in [4.69, 9.17) is 4.74 Å². The van der Waals surface area contributed by atoms with Crippen molar-refractivity contribution in [3.63, 3.8) is 0 Å². The zero-order valence-corrected chi connectivity index (χ0v) is 42.6. The first kappa shape index (κ1) is 56.6. The van der Waals surface area contributed by atoms with Crippen LogP contribution in [0.25, 0.3) is 10.4 Å². The van der Waals surface area contributed by atoms with E-state index in [9.17, 15) is 48.7 Å². The van der Waals surface area contributed by atoms with Gasteiger partial charge in [-0.15, -0.1) is 11.3 Å². The van der Waals surface area contributed by atoms with Crippen molar-refractivity contribution in [1.82, 2.24) is 47.1 Å². The average molecular weight is 993 g/mol. The zero-order chi connectivity index (χ0) is 51.9. The topological polar surface area (TPSA) is 290 Å². The SMILES string of the molecule is Cc1ncsc1-c1ccc(CNC(=O)[C@@H]2C[C@@H](O)CN2C(=O)[C@@H](NC(=O)CCOCCC(=O)N[C@@H](C)C(=O)N[C@H](C(=O)N[C@@H](CC(C)C)C(=O)N[C@H](C#N)C[C@@H]2CCNC2=O)C(C)C)C(C)(C)C)cc1. The number of aliphatic hydroxyl groups is 1. The average Bonchev–Trinajstić information content (AvgIpc) is 4.03. The number of amides is 8. The molecule has 0 aliphatic carbocycles. The molecule has 3 heterocycles. The van der Waals surface area contributed by atoms with Crippen LogP contribution in [0, 0.1) is 41.4 Å². The standard InChI is InChI=1S/C49H72N10O10S/c1-27(2)20-36(45(65)55-34(23-50)21-33-14-17-51-44(33)64)56-47(67)40(28(3)4)58-43(63)30(6)54-38(61)15-18-69-19-16-39(62)57-42(49(7,8)9)48(68)59-25-35(60)22-37(59)46(66)52-24-31-10-12-32(13-11-31)41-29(5)53-26-70-41/h10-13,26-28,30,33-37,40,42,60H,14-22,24-25H2,1-9H3,(H,51,64)(H,52,66)(H,54,61)(H,55,65)(H,56,67)(H,57,62)(H,58,63)/t30-,33-,34-,35+,36-,37-,40-,42+/m0/s1. The fraction of sp³-hybridized carbons (Fsp3) is 0.633. The predicted molar refractivity (Wildman–Crippen MR) is 261 cm³/mol. The first-order valence-corrected chi connectivity index (χ1v) is 24.9. The van der Waals surface area contributed by atoms with Gasteiger partial charge in [-0.05, 0) is 61.5 Å². The highest BCUT2D eigenvalue weighted by Crippen LogP contribution is 2.28. The smallest absolute Gasteiger partial charge is 0.246 e. The highest BCUT2D eigenvalue weighted by molar-refractivity contribution is 7.13. The van der Waals surface area contributed by atoms with Crippen LogP contribution in [0.3, 0.4) is 0 Å². The van der Waals surface area contributed by atoms with Crippen molar-refractivity contribution in [2.45, 2.75) is 150 Å². The number of carbonyl (C=O) groups excluding carboxylic acids is 8. The first-order chi connectivity index (χ1) is 33.0. The summed E-state index contributed by atoms with van der Waals surface area (Å²) in [5.74, 6) is -4.82. The fourth-order valence-corrected chi connectivity index (χ4v) is 8.98. The van der Waals surface area contributed by atoms with Gasteiger partial charge in [0.1, 0.15) is 36.3 Å². The second kappa shape index (κ2) is 26.3. The van der Waals surface area contributed by atoms with Gasteiger partial charge in [0.05, 0.1) is 41.5 Å². The Bertz CT molecular complexity index is 2200. The molecule has 70 heavy (non-hydrogen) atoms. The van der Waals surface area contributed by atoms with Gasteiger partial charge in [0.25, 0.3) is 0 Å². The molecule has 384 valence electrons. The van der Waals surface area contributed by atoms with E-state index < -0.39 is 101 Å². The number of ether oxygens (including phenoxy) is 1. The third kappa shape index (κ3) is 16.9. The Morgan fingerprint density at radius 1 is 0.929 bits per heavy atom. The van der Waals surface area contributed by atoms with Gasteiger partial charge < -0.3 is 52.0 Å². The lowest BCUT2D eigenvalue weighted by atomic mass is 9.85. The van der Waals surface area contributed by atoms with Crippen LogP contribution < -0.4 is 37.2 Å². The molecule has 2 aliphatic heterocycles. The summed E-state index contributed by atoms with van der Waals surface area (Å²) in [7, 11) is 0. The van der Waals surface area contributed by atoms with Gasteiger partial charge in [-0.25, -0.2) is 4.98 Å². The summed E-state index contributed by atoms with van der Waals surface area (Å²) in [6, 6.07) is 3.69. The minimum absolute atomic E-state index is 0.0225. The Morgan fingerprint density at radius 3 is 2.14 bits per heavy atom. The number of nitrogens with one attached hydrogen (secondary N) is 7. The normalized spacial score (nSPS) is 19.0. The molecular formula is C49H72N10O10S. The van der Waals surface area contributed by atoms with Gasteiger partial charge in [-0.1, -0.05) is 72.7 Å². The summed E-state index contributed by atoms with van der Waals surface area (Å²) >= 11 is 1.55. The van der Waals surface area contributed by atoms with E-state index in [2.05, 4.69) is 42.2 Å². The van der Waals surface area contributed by atoms with Gasteiger partial charge in [0.15, 0.2) is 0 Å². The summed E-state index contributed by atoms with van der Waals surface area (Å²) < 4.78 is 5.55. The number of carbonyl (C=O) groups is 8. The number of hydrogen-bond donors (Lipinski definition) is 8. The van der Waals surface area contributed by atoms with Crippen LogP contribution in [0.15, 0.2) is 29.8 Å². The van der Waals surface area contributed by atoms with E-state index in [1.165, 1.54) is 11.8 Å². The molecule has 2 aliphatic rings. The van der Waals surface area contributed by atoms with Crippen molar-refractivity contribution in [1.29, 1.82) is 5.26 Å². The number of β-amino-alcohol motifs (C(OH)–C–C–N with tert-alkyl or cyclic N) is 1. The lowest BCUT2D eigenvalue weighted by molar-refractivity contribution is -0.144. The van der Waals surface area contributed by atoms with Gasteiger partial charge >= 0.3 is 0 Å². The quantitative estimate of drug-likeness (QED) is 0.0699. The van der Waals surface area contributed by atoms with E-state index in [-0.39, 0.29) is 70.2 Å². The molecule has 0 unspecified atom stereocenters. The van der Waals surface area contributed by atoms with Crippen LogP contribution in [-0.4, -0.2) is 131 Å². The zero-order valence-electron chi connectivity index (χ0n) is 41.8. The molecule has 8 atom stereocenters. The second-order valence-electron chi connectivity index (χ2n) is 20.0. The molecule has 21 heteroatoms. The van der Waals surface area contributed by atoms with E-state index >= 15 is 0 Å². The molecule has 2 saturated heterocycles. The lowest BCUT2D eigenvalue weighted by Crippen LogP contribution is -2.58. The summed E-state index contributed by atoms with van der Waals surface area (Å²) in [6.07, 6.45) is -0.247. The minimum Gasteiger partial charge on any atom is -0.391 e. The third-order valence-corrected chi connectivity index (χ3v) is 13.1. The molecule has 8 N–H and O–H groups in total. The number of likely N-dealkylation sites (tertiary alicyclic amines) is 1. The van der Waals surface area contributed by atoms with Crippen molar-refractivity contribution >= 4 is 58.6 Å². The second-order valence-corrected chi connectivity index (χ2v) is 20.8. The maximum Gasteiger partial charge on any atom is 0.246 e. The number of nitrogens with zero attached hydrogens (tertiary/aromatic N) is 3. The molecule has 2 aromatic rings. The molecular weight excluding hydrogens is 921 g/mol. The Labute approximate surface area is 414 Å². The molecule has 0 radical (unpaired) electrons. The van der Waals surface area contributed by atoms with Crippen molar-refractivity contribution in [3.8, 4) is 16.5 Å². The molecule has 20 nitrogen and oxygen atoms in total. The molecule has 1 aromatic heterocycles. The van der Waals surface area contributed by atoms with Crippen LogP contribution in [0.5, 0.6) is 0 Å². The maximum absolute atomic E-state index is 14.0. The number of benzene rings is 1. The van der Waals surface area contributed by atoms with Gasteiger partial charge in [0, 0.05) is 44.8 Å². The van der Waals surface area contributed by atoms with Crippen molar-refractivity contribution in [2.75, 3.05) is 26.3 Å². The number of aliphatic hydroxyl groups excluding tert-OH is 1. The molecule has 0 spiro atoms. The van der Waals surface area contributed by atoms with Crippen molar-refractivity contribution in [3.05, 3.63) is 41.0 Å². The van der Waals surface area contributed by atoms with Crippen LogP contribution in [-0.2, 0) is 49.6 Å². The van der Waals surface area contributed by atoms with Gasteiger partial charge in [-0.2, -0.15) is 5.26 Å². The molecule has 4 rings (SSSR count). The van der Waals surface area contributed by atoms with Gasteiger partial charge in [-0.3, -0.25) is 38.4 Å². The van der Waals surface area contributed by atoms with E-state index in [0.29, 0.717) is 13.0 Å². The monoisotopic (exact) mass is 993 g/mol. The predicted octanol–water partition coefficient (Wildman–Crippen LogP) is 1.74. The third-order valence-electron chi connectivity index (χ3n) is 12.2. The molecule has 2 fully saturated rings. The van der Waals surface area contributed by atoms with E-state index in [1.807, 2.05) is 51.1 Å². The minimum atomic E-state index is -1.08. The van der Waals surface area contributed by atoms with Crippen LogP contribution >= 0.6 is 11.3 Å². The Morgan fingerprint density at radius 2 is 1.59 bits per heavy atom. The summed E-state index contributed by atoms with van der Waals surface area (Å²) in [6.45, 7) is 16.4. The summed E-state index contributed by atoms with van der Waals surface area (Å²) in [4.78, 5) is 112. The van der Waals surface area contributed by atoms with E-state index in [1.54, 1.807) is 51.5 Å². The maximum atomic E-state index is 14.0. The Kier molecular flexibility index (Phi) is 21.3. The molecule has 0 saturated carbocycles. The van der Waals surface area contributed by atoms with Crippen molar-refractivity contribution < 1.29 is 48.2 Å². The van der Waals surface area contributed by atoms with Crippen LogP contribution in [0.4, 0.5) is 0 Å². The number of aryl methyl sites for hydroxylation is 1. The van der Waals surface area contributed by atoms with Crippen molar-refractivity contribution in [2.24, 2.45) is 23.2 Å². The Balaban J connectivity index is 1.21. The summed E-state index contributed by atoms with van der Waals surface area (Å²) in [5.41, 5.74) is 3.83. The van der Waals surface area contributed by atoms with Crippen LogP contribution in [0.1, 0.15) is 105 Å². The lowest BCUT2D eigenvalue weighted by Gasteiger charge is -2.35. The fourth-order valence-electron chi connectivity index (χ4n) is 8.17. The number of hydrogen-bond acceptors (Lipinski definition) is 13. The molecule has 8 amide bonds. The molecule has 0 bridgehead atoms. The highest BCUT2D eigenvalue weighted by atomic mass is 32.1. The van der Waals surface area contributed by atoms with Gasteiger partial charge in [0.2, 0.25) is 47.3 Å². The first-order valence-electron chi connectivity index (χ1n) is 24.0. The van der Waals surface area contributed by atoms with E-state index in [0.717, 1.165) is 21.7 Å².